The molecule has 0 aliphatic rings. The maximum absolute atomic E-state index is 14.5. The lowest BCUT2D eigenvalue weighted by molar-refractivity contribution is -0.179. The van der Waals surface area contributed by atoms with Gasteiger partial charge in [-0.1, -0.05) is 36.4 Å². The van der Waals surface area contributed by atoms with Crippen LogP contribution in [0.1, 0.15) is 30.5 Å². The summed E-state index contributed by atoms with van der Waals surface area (Å²) in [5, 5.41) is 6.48. The van der Waals surface area contributed by atoms with Crippen molar-refractivity contribution in [3.8, 4) is 0 Å². The summed E-state index contributed by atoms with van der Waals surface area (Å²) >= 11 is 0. The topological polar surface area (TPSA) is 17.3 Å². The molecule has 0 unspecified atom stereocenters. The van der Waals surface area contributed by atoms with Crippen molar-refractivity contribution in [1.82, 2.24) is 9.38 Å². The molecule has 0 saturated heterocycles. The number of rotatable bonds is 1. The van der Waals surface area contributed by atoms with Crippen molar-refractivity contribution in [3.05, 3.63) is 83.6 Å². The van der Waals surface area contributed by atoms with Crippen LogP contribution < -0.4 is 0 Å². The lowest BCUT2D eigenvalue weighted by Gasteiger charge is -2.30. The largest absolute Gasteiger partial charge is 0.397 e. The van der Waals surface area contributed by atoms with E-state index in [9.17, 15) is 13.2 Å². The molecule has 0 aliphatic carbocycles. The normalized spacial score (nSPS) is 13.4. The second-order valence-corrected chi connectivity index (χ2v) is 10.5. The van der Waals surface area contributed by atoms with E-state index in [0.717, 1.165) is 54.6 Å². The van der Waals surface area contributed by atoms with Gasteiger partial charge >= 0.3 is 6.18 Å². The molecule has 0 bridgehead atoms. The summed E-state index contributed by atoms with van der Waals surface area (Å²) in [6, 6.07) is 19.8. The first-order valence-corrected chi connectivity index (χ1v) is 12.1. The zero-order valence-electron chi connectivity index (χ0n) is 20.4. The minimum absolute atomic E-state index is 0.294. The molecule has 4 aromatic carbocycles. The molecule has 0 spiro atoms. The van der Waals surface area contributed by atoms with Crippen molar-refractivity contribution in [3.63, 3.8) is 0 Å². The monoisotopic (exact) mass is 480 g/mol. The van der Waals surface area contributed by atoms with Crippen LogP contribution in [0.25, 0.3) is 59.8 Å². The van der Waals surface area contributed by atoms with Gasteiger partial charge in [0.25, 0.3) is 0 Å². The third kappa shape index (κ3) is 2.45. The fourth-order valence-electron chi connectivity index (χ4n) is 6.24. The number of halogens is 3. The van der Waals surface area contributed by atoms with E-state index in [4.69, 9.17) is 4.98 Å². The average molecular weight is 481 g/mol. The van der Waals surface area contributed by atoms with Gasteiger partial charge in [0.2, 0.25) is 0 Å². The smallest absolute Gasteiger partial charge is 0.308 e. The molecular formula is C31H23F3N2. The van der Waals surface area contributed by atoms with Crippen LogP contribution in [0.5, 0.6) is 0 Å². The molecule has 7 aromatic rings. The number of benzene rings is 4. The van der Waals surface area contributed by atoms with Crippen LogP contribution in [0.4, 0.5) is 13.2 Å². The quantitative estimate of drug-likeness (QED) is 0.169. The van der Waals surface area contributed by atoms with Gasteiger partial charge < -0.3 is 4.40 Å². The Hall–Kier alpha value is -3.86. The van der Waals surface area contributed by atoms with Crippen LogP contribution in [-0.2, 0) is 5.41 Å². The Labute approximate surface area is 205 Å². The van der Waals surface area contributed by atoms with E-state index in [0.29, 0.717) is 10.9 Å². The molecule has 0 amide bonds. The Morgan fingerprint density at radius 2 is 1.50 bits per heavy atom. The number of aromatic nitrogens is 2. The number of fused-ring (bicyclic) bond motifs is 7. The summed E-state index contributed by atoms with van der Waals surface area (Å²) in [4.78, 5) is 4.81. The van der Waals surface area contributed by atoms with Gasteiger partial charge in [-0.05, 0) is 84.8 Å². The van der Waals surface area contributed by atoms with Crippen molar-refractivity contribution in [2.75, 3.05) is 0 Å². The maximum Gasteiger partial charge on any atom is 0.397 e. The summed E-state index contributed by atoms with van der Waals surface area (Å²) in [5.74, 6) is 0. The first-order chi connectivity index (χ1) is 17.1. The lowest BCUT2D eigenvalue weighted by atomic mass is 9.80. The summed E-state index contributed by atoms with van der Waals surface area (Å²) in [6.45, 7) is 6.78. The van der Waals surface area contributed by atoms with Gasteiger partial charge in [0.1, 0.15) is 0 Å². The average Bonchev–Trinajstić information content (AvgIpc) is 3.18. The number of nitrogens with zero attached hydrogens (tertiary/aromatic N) is 2. The van der Waals surface area contributed by atoms with Gasteiger partial charge in [-0.15, -0.1) is 0 Å². The zero-order valence-corrected chi connectivity index (χ0v) is 20.4. The highest BCUT2D eigenvalue weighted by Crippen LogP contribution is 2.50. The predicted molar refractivity (Wildman–Crippen MR) is 142 cm³/mol. The molecule has 0 N–H and O–H groups in total. The Morgan fingerprint density at radius 3 is 2.28 bits per heavy atom. The minimum Gasteiger partial charge on any atom is -0.308 e. The molecule has 2 nitrogen and oxygen atoms in total. The highest BCUT2D eigenvalue weighted by molar-refractivity contribution is 6.29. The maximum atomic E-state index is 14.5. The highest BCUT2D eigenvalue weighted by Gasteiger charge is 2.49. The Balaban J connectivity index is 1.89. The second kappa shape index (κ2) is 6.67. The SMILES string of the molecule is Cc1cccc2cc3c4nccc5cc(C(C)(C)C(F)(F)F)c6c7ccccc7n(c3c(C)c12)c6c54. The van der Waals surface area contributed by atoms with Crippen molar-refractivity contribution in [2.24, 2.45) is 0 Å². The highest BCUT2D eigenvalue weighted by atomic mass is 19.4. The molecule has 0 aliphatic heterocycles. The van der Waals surface area contributed by atoms with Crippen LogP contribution in [0.2, 0.25) is 0 Å². The summed E-state index contributed by atoms with van der Waals surface area (Å²) in [7, 11) is 0. The summed E-state index contributed by atoms with van der Waals surface area (Å²) in [6.07, 6.45) is -2.69. The summed E-state index contributed by atoms with van der Waals surface area (Å²) < 4.78 is 45.5. The molecule has 3 heterocycles. The number of hydrogen-bond acceptors (Lipinski definition) is 1. The number of para-hydroxylation sites is 1. The van der Waals surface area contributed by atoms with E-state index in [1.807, 2.05) is 30.3 Å². The van der Waals surface area contributed by atoms with E-state index in [-0.39, 0.29) is 0 Å². The van der Waals surface area contributed by atoms with Crippen molar-refractivity contribution >= 4 is 59.8 Å². The third-order valence-corrected chi connectivity index (χ3v) is 8.11. The van der Waals surface area contributed by atoms with Crippen LogP contribution in [0.15, 0.2) is 66.9 Å². The number of aryl methyl sites for hydroxylation is 2. The fraction of sp³-hybridized carbons (Fsp3) is 0.194. The number of hydrogen-bond donors (Lipinski definition) is 0. The fourth-order valence-corrected chi connectivity index (χ4v) is 6.24. The van der Waals surface area contributed by atoms with Crippen molar-refractivity contribution < 1.29 is 13.2 Å². The van der Waals surface area contributed by atoms with Crippen molar-refractivity contribution in [1.29, 1.82) is 0 Å². The molecule has 0 radical (unpaired) electrons. The minimum atomic E-state index is -4.40. The molecule has 5 heteroatoms. The van der Waals surface area contributed by atoms with Gasteiger partial charge in [0.05, 0.1) is 27.5 Å². The standard InChI is InChI=1S/C31H23F3N2/c1-16-8-7-9-18-14-21-27-25-19(12-13-35-27)15-22(30(3,4)31(32,33)34)26-20-10-5-6-11-23(20)36(29(25)26)28(21)17(2)24(16)18/h5-15H,1-4H3. The van der Waals surface area contributed by atoms with Gasteiger partial charge in [0.15, 0.2) is 0 Å². The van der Waals surface area contributed by atoms with Crippen LogP contribution in [0, 0.1) is 13.8 Å². The third-order valence-electron chi connectivity index (χ3n) is 8.11. The van der Waals surface area contributed by atoms with Gasteiger partial charge in [0, 0.05) is 27.7 Å². The zero-order chi connectivity index (χ0) is 25.1. The first-order valence-electron chi connectivity index (χ1n) is 12.1. The molecule has 0 atom stereocenters. The molecule has 36 heavy (non-hydrogen) atoms. The first kappa shape index (κ1) is 21.4. The molecular weight excluding hydrogens is 457 g/mol. The molecule has 0 fully saturated rings. The van der Waals surface area contributed by atoms with Gasteiger partial charge in [-0.25, -0.2) is 0 Å². The van der Waals surface area contributed by atoms with E-state index >= 15 is 0 Å². The van der Waals surface area contributed by atoms with E-state index in [1.165, 1.54) is 24.8 Å². The second-order valence-electron chi connectivity index (χ2n) is 10.5. The Morgan fingerprint density at radius 1 is 0.750 bits per heavy atom. The van der Waals surface area contributed by atoms with Crippen LogP contribution in [0.3, 0.4) is 0 Å². The van der Waals surface area contributed by atoms with E-state index < -0.39 is 11.6 Å². The molecule has 3 aromatic heterocycles. The van der Waals surface area contributed by atoms with Crippen molar-refractivity contribution in [2.45, 2.75) is 39.3 Å². The molecule has 178 valence electrons. The van der Waals surface area contributed by atoms with E-state index in [2.05, 4.69) is 42.5 Å². The predicted octanol–water partition coefficient (Wildman–Crippen LogP) is 8.99. The number of alkyl halides is 3. The number of pyridine rings is 2. The summed E-state index contributed by atoms with van der Waals surface area (Å²) in [5.41, 5.74) is 4.08. The van der Waals surface area contributed by atoms with Gasteiger partial charge in [-0.3, -0.25) is 4.98 Å². The van der Waals surface area contributed by atoms with Gasteiger partial charge in [-0.2, -0.15) is 13.2 Å². The lowest BCUT2D eigenvalue weighted by Crippen LogP contribution is -2.36. The molecule has 0 saturated carbocycles. The van der Waals surface area contributed by atoms with Crippen LogP contribution in [-0.4, -0.2) is 15.6 Å². The van der Waals surface area contributed by atoms with E-state index in [1.54, 1.807) is 12.3 Å². The molecule has 7 rings (SSSR count). The Bertz CT molecular complexity index is 2030. The Kier molecular flexibility index (Phi) is 3.97. The van der Waals surface area contributed by atoms with Crippen LogP contribution >= 0.6 is 0 Å².